The topological polar surface area (TPSA) is 74.0 Å². The monoisotopic (exact) mass is 430 g/mol. The highest BCUT2D eigenvalue weighted by molar-refractivity contribution is 7.83. The zero-order valence-corrected chi connectivity index (χ0v) is 17.2. The number of hydrogen-bond acceptors (Lipinski definition) is 5. The van der Waals surface area contributed by atoms with Crippen LogP contribution in [-0.2, 0) is 13.0 Å². The summed E-state index contributed by atoms with van der Waals surface area (Å²) in [5, 5.41) is 4.06. The van der Waals surface area contributed by atoms with Crippen molar-refractivity contribution in [3.05, 3.63) is 41.7 Å². The zero-order valence-electron chi connectivity index (χ0n) is 16.3. The SMILES string of the molecule is [B]C(C)(S)Cc1nc(N)nn2cc(F)c(-c3ccc4nc(C)n(CC(F)F)c4c3)c12. The Kier molecular flexibility index (Phi) is 4.96. The Morgan fingerprint density at radius 2 is 2.03 bits per heavy atom. The molecule has 0 aliphatic rings. The first-order chi connectivity index (χ1) is 14.0. The van der Waals surface area contributed by atoms with Crippen LogP contribution >= 0.6 is 12.6 Å². The van der Waals surface area contributed by atoms with E-state index in [4.69, 9.17) is 13.6 Å². The molecule has 154 valence electrons. The van der Waals surface area contributed by atoms with E-state index in [9.17, 15) is 8.78 Å². The number of fused-ring (bicyclic) bond motifs is 2. The number of nitrogens with two attached hydrogens (primary N) is 1. The Balaban J connectivity index is 1.97. The van der Waals surface area contributed by atoms with E-state index in [2.05, 4.69) is 27.7 Å². The molecule has 1 atom stereocenters. The van der Waals surface area contributed by atoms with Crippen LogP contribution < -0.4 is 5.73 Å². The second kappa shape index (κ2) is 7.22. The van der Waals surface area contributed by atoms with Gasteiger partial charge >= 0.3 is 0 Å². The second-order valence-electron chi connectivity index (χ2n) is 7.46. The first-order valence-corrected chi connectivity index (χ1v) is 9.58. The molecule has 4 rings (SSSR count). The number of halogens is 3. The van der Waals surface area contributed by atoms with Crippen LogP contribution in [0.5, 0.6) is 0 Å². The molecule has 0 fully saturated rings. The molecule has 0 spiro atoms. The predicted octanol–water partition coefficient (Wildman–Crippen LogP) is 3.40. The third kappa shape index (κ3) is 3.73. The van der Waals surface area contributed by atoms with Crippen molar-refractivity contribution >= 4 is 43.0 Å². The van der Waals surface area contributed by atoms with Crippen molar-refractivity contribution in [3.8, 4) is 11.1 Å². The molecule has 0 saturated heterocycles. The lowest BCUT2D eigenvalue weighted by atomic mass is 9.83. The van der Waals surface area contributed by atoms with Gasteiger partial charge in [-0.2, -0.15) is 12.6 Å². The number of nitrogen functional groups attached to an aromatic ring is 1. The van der Waals surface area contributed by atoms with Gasteiger partial charge in [0.05, 0.1) is 42.8 Å². The lowest BCUT2D eigenvalue weighted by Gasteiger charge is -2.18. The third-order valence-corrected chi connectivity index (χ3v) is 4.91. The maximum Gasteiger partial charge on any atom is 0.256 e. The van der Waals surface area contributed by atoms with Crippen molar-refractivity contribution in [1.29, 1.82) is 0 Å². The molecule has 3 heterocycles. The summed E-state index contributed by atoms with van der Waals surface area (Å²) < 4.78 is 42.9. The van der Waals surface area contributed by atoms with Crippen molar-refractivity contribution in [2.75, 3.05) is 5.73 Å². The molecular formula is C19H18BF3N6S. The number of alkyl halides is 2. The molecular weight excluding hydrogens is 412 g/mol. The van der Waals surface area contributed by atoms with Crippen molar-refractivity contribution in [1.82, 2.24) is 24.1 Å². The van der Waals surface area contributed by atoms with E-state index in [1.165, 1.54) is 15.3 Å². The molecule has 4 aromatic rings. The summed E-state index contributed by atoms with van der Waals surface area (Å²) in [4.78, 5) is 8.56. The average molecular weight is 430 g/mol. The van der Waals surface area contributed by atoms with Gasteiger partial charge in [-0.15, -0.1) is 5.10 Å². The van der Waals surface area contributed by atoms with E-state index < -0.39 is 23.4 Å². The van der Waals surface area contributed by atoms with Gasteiger partial charge in [-0.05, 0) is 35.7 Å². The summed E-state index contributed by atoms with van der Waals surface area (Å²) in [5.74, 6) is -0.127. The maximum absolute atomic E-state index is 15.0. The first kappa shape index (κ1) is 20.6. The highest BCUT2D eigenvalue weighted by Gasteiger charge is 2.23. The number of thiol groups is 1. The van der Waals surface area contributed by atoms with Gasteiger partial charge in [0.2, 0.25) is 5.95 Å². The number of imidazole rings is 1. The molecule has 0 amide bonds. The third-order valence-electron chi connectivity index (χ3n) is 4.75. The summed E-state index contributed by atoms with van der Waals surface area (Å²) in [6.45, 7) is 2.85. The van der Waals surface area contributed by atoms with Crippen molar-refractivity contribution in [3.63, 3.8) is 0 Å². The van der Waals surface area contributed by atoms with E-state index in [-0.39, 0.29) is 17.9 Å². The van der Waals surface area contributed by atoms with Crippen LogP contribution in [0, 0.1) is 12.7 Å². The Morgan fingerprint density at radius 1 is 1.30 bits per heavy atom. The smallest absolute Gasteiger partial charge is 0.256 e. The largest absolute Gasteiger partial charge is 0.367 e. The van der Waals surface area contributed by atoms with Crippen molar-refractivity contribution < 1.29 is 13.2 Å². The zero-order chi connectivity index (χ0) is 21.8. The minimum absolute atomic E-state index is 0.0299. The number of anilines is 1. The number of benzene rings is 1. The first-order valence-electron chi connectivity index (χ1n) is 9.13. The molecule has 0 aliphatic heterocycles. The fraction of sp³-hybridized carbons (Fsp3) is 0.316. The van der Waals surface area contributed by atoms with Gasteiger partial charge in [0.15, 0.2) is 5.82 Å². The fourth-order valence-corrected chi connectivity index (χ4v) is 3.80. The normalized spacial score (nSPS) is 14.1. The highest BCUT2D eigenvalue weighted by Crippen LogP contribution is 2.34. The molecule has 3 aromatic heterocycles. The fourth-order valence-electron chi connectivity index (χ4n) is 3.65. The number of nitrogens with zero attached hydrogens (tertiary/aromatic N) is 5. The minimum Gasteiger partial charge on any atom is -0.367 e. The molecule has 0 saturated carbocycles. The van der Waals surface area contributed by atoms with Gasteiger partial charge in [-0.25, -0.2) is 27.7 Å². The van der Waals surface area contributed by atoms with Crippen molar-refractivity contribution in [2.45, 2.75) is 37.9 Å². The molecule has 30 heavy (non-hydrogen) atoms. The number of aromatic nitrogens is 5. The standard InChI is InChI=1S/C19H18BF3N6S/c1-9-25-12-4-3-10(5-14(12)28(9)8-15(22)23)16-11(21)7-29-17(16)13(6-19(2,20)30)26-18(24)27-29/h3-5,7,15,30H,6,8H2,1-2H3,(H2,24,27). The Labute approximate surface area is 177 Å². The molecule has 11 heteroatoms. The van der Waals surface area contributed by atoms with E-state index in [0.29, 0.717) is 33.6 Å². The van der Waals surface area contributed by atoms with E-state index >= 15 is 4.39 Å². The van der Waals surface area contributed by atoms with Crippen molar-refractivity contribution in [2.24, 2.45) is 0 Å². The highest BCUT2D eigenvalue weighted by atomic mass is 32.1. The maximum atomic E-state index is 15.0. The lowest BCUT2D eigenvalue weighted by Crippen LogP contribution is -2.22. The van der Waals surface area contributed by atoms with Gasteiger partial charge in [-0.3, -0.25) is 0 Å². The number of rotatable bonds is 5. The van der Waals surface area contributed by atoms with Gasteiger partial charge in [0.1, 0.15) is 5.82 Å². The molecule has 1 unspecified atom stereocenters. The summed E-state index contributed by atoms with van der Waals surface area (Å²) in [5.41, 5.74) is 8.33. The van der Waals surface area contributed by atoms with Gasteiger partial charge in [0.25, 0.3) is 6.43 Å². The average Bonchev–Trinajstić information content (AvgIpc) is 3.09. The van der Waals surface area contributed by atoms with Crippen LogP contribution in [0.1, 0.15) is 18.4 Å². The van der Waals surface area contributed by atoms with Crippen LogP contribution in [0.4, 0.5) is 19.1 Å². The Hall–Kier alpha value is -2.69. The summed E-state index contributed by atoms with van der Waals surface area (Å²) in [6, 6.07) is 4.99. The molecule has 0 bridgehead atoms. The van der Waals surface area contributed by atoms with E-state index in [1.54, 1.807) is 32.0 Å². The van der Waals surface area contributed by atoms with Crippen LogP contribution in [0.25, 0.3) is 27.7 Å². The van der Waals surface area contributed by atoms with Crippen LogP contribution in [0.3, 0.4) is 0 Å². The lowest BCUT2D eigenvalue weighted by molar-refractivity contribution is 0.127. The van der Waals surface area contributed by atoms with E-state index in [1.807, 2.05) is 0 Å². The second-order valence-corrected chi connectivity index (χ2v) is 8.48. The van der Waals surface area contributed by atoms with Gasteiger partial charge in [-0.1, -0.05) is 13.0 Å². The van der Waals surface area contributed by atoms with Crippen LogP contribution in [-0.4, -0.2) is 43.1 Å². The molecule has 1 aromatic carbocycles. The summed E-state index contributed by atoms with van der Waals surface area (Å²) >= 11 is 4.34. The predicted molar refractivity (Wildman–Crippen MR) is 114 cm³/mol. The molecule has 6 nitrogen and oxygen atoms in total. The summed E-state index contributed by atoms with van der Waals surface area (Å²) in [6.07, 6.45) is -1.14. The molecule has 2 radical (unpaired) electrons. The van der Waals surface area contributed by atoms with E-state index in [0.717, 1.165) is 0 Å². The van der Waals surface area contributed by atoms with Crippen LogP contribution in [0.2, 0.25) is 0 Å². The number of aryl methyl sites for hydroxylation is 1. The van der Waals surface area contributed by atoms with Gasteiger partial charge in [0, 0.05) is 5.56 Å². The molecule has 2 N–H and O–H groups in total. The summed E-state index contributed by atoms with van der Waals surface area (Å²) in [7, 11) is 6.02. The molecule has 0 aliphatic carbocycles. The van der Waals surface area contributed by atoms with Gasteiger partial charge < -0.3 is 10.3 Å². The Morgan fingerprint density at radius 3 is 2.70 bits per heavy atom. The number of hydrogen-bond donors (Lipinski definition) is 2. The minimum atomic E-state index is -2.54. The Bertz CT molecular complexity index is 1260. The quantitative estimate of drug-likeness (QED) is 0.376. The van der Waals surface area contributed by atoms with Crippen LogP contribution in [0.15, 0.2) is 24.4 Å².